The number of nitrogens with zero attached hydrogens (tertiary/aromatic N) is 2. The SMILES string of the molecule is Cc1nccc(-c2cccc(NC(=O)C[C@H]3C=CCC3)c2)n1. The lowest BCUT2D eigenvalue weighted by Gasteiger charge is -2.10. The molecule has 0 saturated heterocycles. The highest BCUT2D eigenvalue weighted by molar-refractivity contribution is 5.91. The molecule has 22 heavy (non-hydrogen) atoms. The number of hydrogen-bond donors (Lipinski definition) is 1. The first-order valence-corrected chi connectivity index (χ1v) is 7.57. The number of allylic oxidation sites excluding steroid dienone is 2. The molecule has 0 radical (unpaired) electrons. The number of nitrogens with one attached hydrogen (secondary N) is 1. The largest absolute Gasteiger partial charge is 0.326 e. The second-order valence-corrected chi connectivity index (χ2v) is 5.59. The van der Waals surface area contributed by atoms with Crippen LogP contribution in [0.5, 0.6) is 0 Å². The van der Waals surface area contributed by atoms with Crippen molar-refractivity contribution in [1.82, 2.24) is 9.97 Å². The van der Waals surface area contributed by atoms with Crippen LogP contribution in [-0.2, 0) is 4.79 Å². The van der Waals surface area contributed by atoms with Gasteiger partial charge >= 0.3 is 0 Å². The maximum absolute atomic E-state index is 12.1. The number of carbonyl (C=O) groups is 1. The van der Waals surface area contributed by atoms with Crippen LogP contribution in [0.25, 0.3) is 11.3 Å². The molecule has 0 bridgehead atoms. The predicted octanol–water partition coefficient (Wildman–Crippen LogP) is 3.75. The van der Waals surface area contributed by atoms with Crippen LogP contribution in [0.1, 0.15) is 25.1 Å². The monoisotopic (exact) mass is 293 g/mol. The van der Waals surface area contributed by atoms with Crippen molar-refractivity contribution >= 4 is 11.6 Å². The van der Waals surface area contributed by atoms with Crippen molar-refractivity contribution in [3.63, 3.8) is 0 Å². The molecule has 1 aliphatic rings. The Morgan fingerprint density at radius 2 is 2.27 bits per heavy atom. The molecule has 1 aromatic carbocycles. The number of carbonyl (C=O) groups excluding carboxylic acids is 1. The highest BCUT2D eigenvalue weighted by Gasteiger charge is 2.14. The second kappa shape index (κ2) is 6.52. The van der Waals surface area contributed by atoms with E-state index in [2.05, 4.69) is 27.4 Å². The van der Waals surface area contributed by atoms with E-state index in [1.54, 1.807) is 6.20 Å². The van der Waals surface area contributed by atoms with Gasteiger partial charge in [-0.25, -0.2) is 9.97 Å². The van der Waals surface area contributed by atoms with Gasteiger partial charge in [0.2, 0.25) is 5.91 Å². The average Bonchev–Trinajstić information content (AvgIpc) is 3.00. The summed E-state index contributed by atoms with van der Waals surface area (Å²) in [4.78, 5) is 20.6. The summed E-state index contributed by atoms with van der Waals surface area (Å²) in [6.45, 7) is 1.87. The van der Waals surface area contributed by atoms with Crippen molar-refractivity contribution in [2.24, 2.45) is 5.92 Å². The van der Waals surface area contributed by atoms with Gasteiger partial charge in [0.25, 0.3) is 0 Å². The Bertz CT molecular complexity index is 709. The van der Waals surface area contributed by atoms with Gasteiger partial charge in [-0.2, -0.15) is 0 Å². The lowest BCUT2D eigenvalue weighted by Crippen LogP contribution is -2.14. The summed E-state index contributed by atoms with van der Waals surface area (Å²) >= 11 is 0. The van der Waals surface area contributed by atoms with Gasteiger partial charge in [0, 0.05) is 23.9 Å². The molecule has 112 valence electrons. The Hall–Kier alpha value is -2.49. The molecule has 1 heterocycles. The summed E-state index contributed by atoms with van der Waals surface area (Å²) < 4.78 is 0. The fraction of sp³-hybridized carbons (Fsp3) is 0.278. The third kappa shape index (κ3) is 3.58. The maximum atomic E-state index is 12.1. The van der Waals surface area contributed by atoms with Crippen molar-refractivity contribution < 1.29 is 4.79 Å². The van der Waals surface area contributed by atoms with Crippen LogP contribution in [0.2, 0.25) is 0 Å². The van der Waals surface area contributed by atoms with Crippen molar-refractivity contribution in [2.75, 3.05) is 5.32 Å². The molecule has 1 aliphatic carbocycles. The third-order valence-electron chi connectivity index (χ3n) is 3.78. The number of amides is 1. The summed E-state index contributed by atoms with van der Waals surface area (Å²) in [5.41, 5.74) is 2.65. The van der Waals surface area contributed by atoms with Crippen molar-refractivity contribution in [1.29, 1.82) is 0 Å². The first kappa shape index (κ1) is 14.4. The van der Waals surface area contributed by atoms with E-state index in [1.807, 2.05) is 37.3 Å². The van der Waals surface area contributed by atoms with Crippen molar-refractivity contribution in [3.8, 4) is 11.3 Å². The lowest BCUT2D eigenvalue weighted by molar-refractivity contribution is -0.116. The Morgan fingerprint density at radius 3 is 3.05 bits per heavy atom. The number of hydrogen-bond acceptors (Lipinski definition) is 3. The zero-order chi connectivity index (χ0) is 15.4. The zero-order valence-electron chi connectivity index (χ0n) is 12.6. The second-order valence-electron chi connectivity index (χ2n) is 5.59. The molecule has 0 unspecified atom stereocenters. The molecule has 0 fully saturated rings. The maximum Gasteiger partial charge on any atom is 0.224 e. The van der Waals surface area contributed by atoms with Gasteiger partial charge in [0.15, 0.2) is 0 Å². The number of benzene rings is 1. The first-order valence-electron chi connectivity index (χ1n) is 7.57. The Balaban J connectivity index is 1.71. The van der Waals surface area contributed by atoms with Gasteiger partial charge in [-0.3, -0.25) is 4.79 Å². The van der Waals surface area contributed by atoms with Crippen LogP contribution in [0.3, 0.4) is 0 Å². The highest BCUT2D eigenvalue weighted by atomic mass is 16.1. The average molecular weight is 293 g/mol. The smallest absolute Gasteiger partial charge is 0.224 e. The molecule has 1 aromatic heterocycles. The lowest BCUT2D eigenvalue weighted by atomic mass is 10.0. The van der Waals surface area contributed by atoms with E-state index in [9.17, 15) is 4.79 Å². The first-order chi connectivity index (χ1) is 10.7. The molecule has 3 rings (SSSR count). The quantitative estimate of drug-likeness (QED) is 0.873. The molecule has 4 nitrogen and oxygen atoms in total. The van der Waals surface area contributed by atoms with E-state index in [0.717, 1.165) is 35.6 Å². The minimum Gasteiger partial charge on any atom is -0.326 e. The predicted molar refractivity (Wildman–Crippen MR) is 87.3 cm³/mol. The van der Waals surface area contributed by atoms with Gasteiger partial charge in [-0.05, 0) is 43.9 Å². The van der Waals surface area contributed by atoms with Crippen LogP contribution >= 0.6 is 0 Å². The molecule has 1 N–H and O–H groups in total. The number of aromatic nitrogens is 2. The fourth-order valence-electron chi connectivity index (χ4n) is 2.69. The van der Waals surface area contributed by atoms with Gasteiger partial charge in [-0.15, -0.1) is 0 Å². The Morgan fingerprint density at radius 1 is 1.36 bits per heavy atom. The molecule has 0 spiro atoms. The molecule has 0 saturated carbocycles. The molecule has 0 aliphatic heterocycles. The number of anilines is 1. The van der Waals surface area contributed by atoms with Crippen LogP contribution in [0, 0.1) is 12.8 Å². The molecule has 1 atom stereocenters. The van der Waals surface area contributed by atoms with Gasteiger partial charge in [0.1, 0.15) is 5.82 Å². The highest BCUT2D eigenvalue weighted by Crippen LogP contribution is 2.23. The van der Waals surface area contributed by atoms with Crippen LogP contribution in [0.15, 0.2) is 48.7 Å². The normalized spacial score (nSPS) is 16.7. The Labute approximate surface area is 130 Å². The molecular formula is C18H19N3O. The summed E-state index contributed by atoms with van der Waals surface area (Å²) in [5, 5.41) is 2.98. The van der Waals surface area contributed by atoms with E-state index in [0.29, 0.717) is 12.3 Å². The fourth-order valence-corrected chi connectivity index (χ4v) is 2.69. The summed E-state index contributed by atoms with van der Waals surface area (Å²) in [5.74, 6) is 1.18. The molecular weight excluding hydrogens is 274 g/mol. The van der Waals surface area contributed by atoms with E-state index < -0.39 is 0 Å². The van der Waals surface area contributed by atoms with E-state index >= 15 is 0 Å². The van der Waals surface area contributed by atoms with Crippen LogP contribution in [0.4, 0.5) is 5.69 Å². The van der Waals surface area contributed by atoms with Crippen LogP contribution in [-0.4, -0.2) is 15.9 Å². The minimum atomic E-state index is 0.0626. The van der Waals surface area contributed by atoms with Crippen LogP contribution < -0.4 is 5.32 Å². The standard InChI is InChI=1S/C18H19N3O/c1-13-19-10-9-17(20-13)15-7-4-8-16(12-15)21-18(22)11-14-5-2-3-6-14/h2,4-5,7-10,12,14H,3,6,11H2,1H3,(H,21,22)/t14-/m0/s1. The van der Waals surface area contributed by atoms with Crippen molar-refractivity contribution in [3.05, 3.63) is 54.5 Å². The zero-order valence-corrected chi connectivity index (χ0v) is 12.6. The number of rotatable bonds is 4. The third-order valence-corrected chi connectivity index (χ3v) is 3.78. The van der Waals surface area contributed by atoms with E-state index in [-0.39, 0.29) is 5.91 Å². The van der Waals surface area contributed by atoms with Gasteiger partial charge in [0.05, 0.1) is 5.69 Å². The minimum absolute atomic E-state index is 0.0626. The molecule has 2 aromatic rings. The molecule has 4 heteroatoms. The number of aryl methyl sites for hydroxylation is 1. The topological polar surface area (TPSA) is 54.9 Å². The summed E-state index contributed by atoms with van der Waals surface area (Å²) in [7, 11) is 0. The van der Waals surface area contributed by atoms with E-state index in [4.69, 9.17) is 0 Å². The Kier molecular flexibility index (Phi) is 4.28. The molecule has 1 amide bonds. The van der Waals surface area contributed by atoms with Gasteiger partial charge < -0.3 is 5.32 Å². The van der Waals surface area contributed by atoms with E-state index in [1.165, 1.54) is 0 Å². The van der Waals surface area contributed by atoms with Gasteiger partial charge in [-0.1, -0.05) is 24.3 Å². The summed E-state index contributed by atoms with van der Waals surface area (Å²) in [6.07, 6.45) is 8.74. The van der Waals surface area contributed by atoms with Crippen molar-refractivity contribution in [2.45, 2.75) is 26.2 Å². The summed E-state index contributed by atoms with van der Waals surface area (Å²) in [6, 6.07) is 9.64.